The van der Waals surface area contributed by atoms with E-state index in [1.807, 2.05) is 18.7 Å². The number of nitrogens with zero attached hydrogens (tertiary/aromatic N) is 1. The van der Waals surface area contributed by atoms with E-state index in [1.54, 1.807) is 17.0 Å². The van der Waals surface area contributed by atoms with Crippen LogP contribution in [0.4, 0.5) is 10.1 Å². The van der Waals surface area contributed by atoms with Crippen LogP contribution in [0.15, 0.2) is 24.3 Å². The van der Waals surface area contributed by atoms with Crippen LogP contribution in [-0.2, 0) is 4.79 Å². The van der Waals surface area contributed by atoms with Crippen LogP contribution in [0.1, 0.15) is 13.3 Å². The molecule has 1 N–H and O–H groups in total. The van der Waals surface area contributed by atoms with Crippen molar-refractivity contribution in [2.75, 3.05) is 29.5 Å². The molecule has 2 rings (SSSR count). The average Bonchev–Trinajstić information content (AvgIpc) is 2.43. The van der Waals surface area contributed by atoms with E-state index in [9.17, 15) is 9.18 Å². The number of anilines is 1. The maximum Gasteiger partial charge on any atom is 0.228 e. The molecule has 1 saturated heterocycles. The van der Waals surface area contributed by atoms with Gasteiger partial charge in [-0.15, -0.1) is 12.4 Å². The second-order valence-electron chi connectivity index (χ2n) is 4.54. The number of halogens is 2. The molecule has 3 nitrogen and oxygen atoms in total. The summed E-state index contributed by atoms with van der Waals surface area (Å²) in [4.78, 5) is 14.0. The van der Waals surface area contributed by atoms with Crippen molar-refractivity contribution >= 4 is 35.8 Å². The predicted molar refractivity (Wildman–Crippen MR) is 85.4 cm³/mol. The van der Waals surface area contributed by atoms with E-state index in [2.05, 4.69) is 5.32 Å². The van der Waals surface area contributed by atoms with E-state index < -0.39 is 0 Å². The molecule has 0 radical (unpaired) electrons. The molecule has 0 aliphatic carbocycles. The number of amides is 1. The smallest absolute Gasteiger partial charge is 0.228 e. The first-order valence-corrected chi connectivity index (χ1v) is 7.73. The molecule has 0 saturated carbocycles. The minimum atomic E-state index is -0.280. The van der Waals surface area contributed by atoms with Gasteiger partial charge in [0, 0.05) is 42.7 Å². The third-order valence-electron chi connectivity index (χ3n) is 3.18. The molecule has 20 heavy (non-hydrogen) atoms. The van der Waals surface area contributed by atoms with Gasteiger partial charge in [-0.25, -0.2) is 4.39 Å². The molecule has 1 unspecified atom stereocenters. The summed E-state index contributed by atoms with van der Waals surface area (Å²) in [6, 6.07) is 6.33. The molecule has 1 aromatic rings. The van der Waals surface area contributed by atoms with E-state index in [4.69, 9.17) is 0 Å². The van der Waals surface area contributed by atoms with Crippen LogP contribution in [-0.4, -0.2) is 36.5 Å². The molecule has 6 heteroatoms. The topological polar surface area (TPSA) is 32.3 Å². The lowest BCUT2D eigenvalue weighted by Gasteiger charge is -2.26. The van der Waals surface area contributed by atoms with Gasteiger partial charge in [0.1, 0.15) is 5.82 Å². The zero-order chi connectivity index (χ0) is 13.7. The molecule has 1 amide bonds. The van der Waals surface area contributed by atoms with Gasteiger partial charge in [-0.05, 0) is 31.2 Å². The Kier molecular flexibility index (Phi) is 7.34. The van der Waals surface area contributed by atoms with Crippen molar-refractivity contribution < 1.29 is 9.18 Å². The molecule has 1 aromatic carbocycles. The SMILES string of the molecule is CCN(C(=O)CC1CSCCN1)c1ccc(F)cc1.Cl. The number of hydrogen-bond donors (Lipinski definition) is 1. The first-order valence-electron chi connectivity index (χ1n) is 6.57. The van der Waals surface area contributed by atoms with E-state index in [-0.39, 0.29) is 30.2 Å². The fourth-order valence-corrected chi connectivity index (χ4v) is 3.14. The van der Waals surface area contributed by atoms with Crippen LogP contribution in [0.3, 0.4) is 0 Å². The molecule has 1 fully saturated rings. The molecule has 0 spiro atoms. The Labute approximate surface area is 129 Å². The third kappa shape index (κ3) is 4.65. The van der Waals surface area contributed by atoms with Gasteiger partial charge in [0.15, 0.2) is 0 Å². The Morgan fingerprint density at radius 2 is 2.15 bits per heavy atom. The van der Waals surface area contributed by atoms with Gasteiger partial charge in [-0.3, -0.25) is 4.79 Å². The van der Waals surface area contributed by atoms with Crippen LogP contribution >= 0.6 is 24.2 Å². The quantitative estimate of drug-likeness (QED) is 0.926. The zero-order valence-electron chi connectivity index (χ0n) is 11.5. The van der Waals surface area contributed by atoms with Gasteiger partial charge in [-0.1, -0.05) is 0 Å². The maximum atomic E-state index is 12.9. The Morgan fingerprint density at radius 3 is 2.70 bits per heavy atom. The van der Waals surface area contributed by atoms with E-state index in [0.29, 0.717) is 13.0 Å². The minimum absolute atomic E-state index is 0. The fraction of sp³-hybridized carbons (Fsp3) is 0.500. The number of carbonyl (C=O) groups excluding carboxylic acids is 1. The summed E-state index contributed by atoms with van der Waals surface area (Å²) in [6.45, 7) is 3.50. The highest BCUT2D eigenvalue weighted by Gasteiger charge is 2.21. The number of thioether (sulfide) groups is 1. The summed E-state index contributed by atoms with van der Waals surface area (Å²) in [5, 5.41) is 3.36. The summed E-state index contributed by atoms with van der Waals surface area (Å²) in [7, 11) is 0. The summed E-state index contributed by atoms with van der Waals surface area (Å²) in [5.74, 6) is 1.90. The van der Waals surface area contributed by atoms with Gasteiger partial charge in [0.05, 0.1) is 0 Å². The Bertz CT molecular complexity index is 424. The lowest BCUT2D eigenvalue weighted by atomic mass is 10.2. The van der Waals surface area contributed by atoms with E-state index >= 15 is 0 Å². The fourth-order valence-electron chi connectivity index (χ4n) is 2.20. The lowest BCUT2D eigenvalue weighted by Crippen LogP contribution is -2.42. The normalized spacial score (nSPS) is 18.2. The highest BCUT2D eigenvalue weighted by molar-refractivity contribution is 7.99. The molecule has 1 atom stereocenters. The summed E-state index contributed by atoms with van der Waals surface area (Å²) in [6.07, 6.45) is 0.498. The molecular formula is C14H20ClFN2OS. The largest absolute Gasteiger partial charge is 0.313 e. The van der Waals surface area contributed by atoms with Crippen LogP contribution < -0.4 is 10.2 Å². The van der Waals surface area contributed by atoms with Gasteiger partial charge in [0.2, 0.25) is 5.91 Å². The van der Waals surface area contributed by atoms with E-state index in [0.717, 1.165) is 23.7 Å². The second-order valence-corrected chi connectivity index (χ2v) is 5.69. The highest BCUT2D eigenvalue weighted by atomic mass is 35.5. The van der Waals surface area contributed by atoms with Gasteiger partial charge in [0.25, 0.3) is 0 Å². The molecule has 1 aliphatic rings. The summed E-state index contributed by atoms with van der Waals surface area (Å²) >= 11 is 1.88. The van der Waals surface area contributed by atoms with Crippen molar-refractivity contribution in [1.29, 1.82) is 0 Å². The van der Waals surface area contributed by atoms with Crippen molar-refractivity contribution in [3.05, 3.63) is 30.1 Å². The first-order chi connectivity index (χ1) is 9.20. The third-order valence-corrected chi connectivity index (χ3v) is 4.31. The van der Waals surface area contributed by atoms with Crippen LogP contribution in [0.5, 0.6) is 0 Å². The number of nitrogens with one attached hydrogen (secondary N) is 1. The van der Waals surface area contributed by atoms with E-state index in [1.165, 1.54) is 12.1 Å². The van der Waals surface area contributed by atoms with Crippen LogP contribution in [0.2, 0.25) is 0 Å². The number of hydrogen-bond acceptors (Lipinski definition) is 3. The highest BCUT2D eigenvalue weighted by Crippen LogP contribution is 2.18. The monoisotopic (exact) mass is 318 g/mol. The second kappa shape index (κ2) is 8.49. The number of benzene rings is 1. The standard InChI is InChI=1S/C14H19FN2OS.ClH/c1-2-17(13-5-3-11(15)4-6-13)14(18)9-12-10-19-8-7-16-12;/h3-6,12,16H,2,7-10H2,1H3;1H. The minimum Gasteiger partial charge on any atom is -0.313 e. The predicted octanol–water partition coefficient (Wildman–Crippen LogP) is 2.70. The first kappa shape index (κ1) is 17.3. The zero-order valence-corrected chi connectivity index (χ0v) is 13.1. The number of rotatable bonds is 4. The molecule has 1 aliphatic heterocycles. The Morgan fingerprint density at radius 1 is 1.45 bits per heavy atom. The lowest BCUT2D eigenvalue weighted by molar-refractivity contribution is -0.118. The van der Waals surface area contributed by atoms with Crippen molar-refractivity contribution in [1.82, 2.24) is 5.32 Å². The van der Waals surface area contributed by atoms with Gasteiger partial charge >= 0.3 is 0 Å². The van der Waals surface area contributed by atoms with Crippen molar-refractivity contribution in [2.45, 2.75) is 19.4 Å². The van der Waals surface area contributed by atoms with Crippen molar-refractivity contribution in [3.8, 4) is 0 Å². The Balaban J connectivity index is 0.00000200. The Hall–Kier alpha value is -0.780. The summed E-state index contributed by atoms with van der Waals surface area (Å²) in [5.41, 5.74) is 0.761. The molecule has 1 heterocycles. The van der Waals surface area contributed by atoms with Crippen LogP contribution in [0.25, 0.3) is 0 Å². The number of carbonyl (C=O) groups is 1. The maximum absolute atomic E-state index is 12.9. The summed E-state index contributed by atoms with van der Waals surface area (Å²) < 4.78 is 12.9. The molecular weight excluding hydrogens is 299 g/mol. The molecule has 112 valence electrons. The van der Waals surface area contributed by atoms with Crippen molar-refractivity contribution in [2.24, 2.45) is 0 Å². The van der Waals surface area contributed by atoms with Crippen molar-refractivity contribution in [3.63, 3.8) is 0 Å². The molecule has 0 aromatic heterocycles. The molecule has 0 bridgehead atoms. The van der Waals surface area contributed by atoms with Gasteiger partial charge in [-0.2, -0.15) is 11.8 Å². The average molecular weight is 319 g/mol. The van der Waals surface area contributed by atoms with Gasteiger partial charge < -0.3 is 10.2 Å². The van der Waals surface area contributed by atoms with Crippen LogP contribution in [0, 0.1) is 5.82 Å².